The molecule has 1 saturated heterocycles. The third kappa shape index (κ3) is 4.11. The van der Waals surface area contributed by atoms with Gasteiger partial charge < -0.3 is 20.9 Å². The second-order valence-corrected chi connectivity index (χ2v) is 5.74. The van der Waals surface area contributed by atoms with Crippen LogP contribution < -0.4 is 21.3 Å². The smallest absolute Gasteiger partial charge is 0.317 e. The van der Waals surface area contributed by atoms with Gasteiger partial charge in [-0.25, -0.2) is 14.8 Å². The molecule has 1 aromatic heterocycles. The molecule has 3 rings (SSSR count). The zero-order valence-electron chi connectivity index (χ0n) is 13.6. The van der Waals surface area contributed by atoms with Gasteiger partial charge in [0.25, 0.3) is 0 Å². The van der Waals surface area contributed by atoms with Crippen molar-refractivity contribution in [2.45, 2.75) is 0 Å². The highest BCUT2D eigenvalue weighted by molar-refractivity contribution is 5.87. The number of amides is 2. The molecule has 0 unspecified atom stereocenters. The lowest BCUT2D eigenvalue weighted by atomic mass is 10.2. The molecule has 1 fully saturated rings. The Morgan fingerprint density at radius 1 is 1.12 bits per heavy atom. The Hall–Kier alpha value is -2.87. The maximum absolute atomic E-state index is 10.9. The molecule has 0 bridgehead atoms. The van der Waals surface area contributed by atoms with E-state index in [-0.39, 0.29) is 0 Å². The van der Waals surface area contributed by atoms with Crippen LogP contribution in [-0.2, 0) is 0 Å². The predicted octanol–water partition coefficient (Wildman–Crippen LogP) is 1.46. The predicted molar refractivity (Wildman–Crippen MR) is 94.7 cm³/mol. The van der Waals surface area contributed by atoms with Crippen LogP contribution in [0.1, 0.15) is 0 Å². The number of nitrogens with two attached hydrogens (primary N) is 1. The van der Waals surface area contributed by atoms with Crippen molar-refractivity contribution in [3.05, 3.63) is 36.7 Å². The average molecular weight is 327 g/mol. The number of benzene rings is 1. The number of nitrogens with one attached hydrogen (secondary N) is 2. The minimum absolute atomic E-state index is 0.357. The van der Waals surface area contributed by atoms with Crippen molar-refractivity contribution in [3.8, 4) is 0 Å². The first-order chi connectivity index (χ1) is 11.6. The molecule has 1 aliphatic heterocycles. The van der Waals surface area contributed by atoms with Gasteiger partial charge in [0, 0.05) is 43.6 Å². The number of hydrogen-bond acceptors (Lipinski definition) is 6. The molecule has 2 aromatic rings. The van der Waals surface area contributed by atoms with Crippen LogP contribution in [0.3, 0.4) is 0 Å². The van der Waals surface area contributed by atoms with Crippen LogP contribution in [0.4, 0.5) is 27.8 Å². The summed E-state index contributed by atoms with van der Waals surface area (Å²) in [6, 6.07) is 9.16. The molecule has 0 radical (unpaired) electrons. The molecule has 0 atom stereocenters. The molecule has 0 saturated carbocycles. The van der Waals surface area contributed by atoms with Crippen LogP contribution >= 0.6 is 0 Å². The number of primary amides is 1. The number of hydrogen-bond donors (Lipinski definition) is 3. The Balaban J connectivity index is 1.71. The van der Waals surface area contributed by atoms with Crippen molar-refractivity contribution in [2.75, 3.05) is 48.8 Å². The van der Waals surface area contributed by atoms with Gasteiger partial charge in [0.2, 0.25) is 0 Å². The van der Waals surface area contributed by atoms with Gasteiger partial charge in [-0.15, -0.1) is 0 Å². The summed E-state index contributed by atoms with van der Waals surface area (Å²) in [5.74, 6) is 0.944. The first-order valence-electron chi connectivity index (χ1n) is 7.79. The van der Waals surface area contributed by atoms with E-state index >= 15 is 0 Å². The number of aromatic nitrogens is 2. The van der Waals surface area contributed by atoms with Crippen LogP contribution in [-0.4, -0.2) is 54.1 Å². The van der Waals surface area contributed by atoms with E-state index < -0.39 is 6.03 Å². The third-order valence-electron chi connectivity index (χ3n) is 3.91. The molecule has 0 spiro atoms. The largest absolute Gasteiger partial charge is 0.369 e. The summed E-state index contributed by atoms with van der Waals surface area (Å²) in [5.41, 5.74) is 7.20. The highest BCUT2D eigenvalue weighted by Gasteiger charge is 2.14. The van der Waals surface area contributed by atoms with E-state index in [1.165, 1.54) is 12.0 Å². The summed E-state index contributed by atoms with van der Waals surface area (Å²) >= 11 is 0. The number of anilines is 4. The first-order valence-corrected chi connectivity index (χ1v) is 7.79. The van der Waals surface area contributed by atoms with Crippen LogP contribution in [0.2, 0.25) is 0 Å². The van der Waals surface area contributed by atoms with Gasteiger partial charge in [-0.05, 0) is 25.2 Å². The molecule has 126 valence electrons. The van der Waals surface area contributed by atoms with E-state index in [0.717, 1.165) is 31.9 Å². The van der Waals surface area contributed by atoms with Crippen molar-refractivity contribution in [3.63, 3.8) is 0 Å². The highest BCUT2D eigenvalue weighted by Crippen LogP contribution is 2.23. The Morgan fingerprint density at radius 3 is 2.62 bits per heavy atom. The molecule has 1 aliphatic rings. The molecule has 2 amide bonds. The fourth-order valence-corrected chi connectivity index (χ4v) is 2.61. The number of carbonyl (C=O) groups excluding carboxylic acids is 1. The monoisotopic (exact) mass is 327 g/mol. The maximum Gasteiger partial charge on any atom is 0.317 e. The van der Waals surface area contributed by atoms with Crippen LogP contribution in [0.5, 0.6) is 0 Å². The van der Waals surface area contributed by atoms with E-state index in [9.17, 15) is 4.79 Å². The molecular weight excluding hydrogens is 306 g/mol. The summed E-state index contributed by atoms with van der Waals surface area (Å²) in [6.07, 6.45) is 1.37. The number of rotatable bonds is 4. The molecule has 8 heteroatoms. The van der Waals surface area contributed by atoms with E-state index in [1.54, 1.807) is 6.07 Å². The lowest BCUT2D eigenvalue weighted by Crippen LogP contribution is -2.44. The topological polar surface area (TPSA) is 99.4 Å². The second kappa shape index (κ2) is 7.14. The van der Waals surface area contributed by atoms with E-state index in [4.69, 9.17) is 5.73 Å². The molecule has 0 aliphatic carbocycles. The normalized spacial score (nSPS) is 15.1. The maximum atomic E-state index is 10.9. The van der Waals surface area contributed by atoms with Gasteiger partial charge >= 0.3 is 6.03 Å². The lowest BCUT2D eigenvalue weighted by molar-refractivity contribution is 0.259. The van der Waals surface area contributed by atoms with Crippen molar-refractivity contribution in [1.82, 2.24) is 14.9 Å². The fourth-order valence-electron chi connectivity index (χ4n) is 2.61. The average Bonchev–Trinajstić information content (AvgIpc) is 2.55. The molecule has 1 aromatic carbocycles. The van der Waals surface area contributed by atoms with Crippen molar-refractivity contribution in [2.24, 2.45) is 5.73 Å². The molecule has 24 heavy (non-hydrogen) atoms. The van der Waals surface area contributed by atoms with Crippen molar-refractivity contribution >= 4 is 29.0 Å². The van der Waals surface area contributed by atoms with E-state index in [0.29, 0.717) is 11.6 Å². The Kier molecular flexibility index (Phi) is 4.76. The van der Waals surface area contributed by atoms with Gasteiger partial charge in [0.15, 0.2) is 0 Å². The molecule has 4 N–H and O–H groups in total. The summed E-state index contributed by atoms with van der Waals surface area (Å²) in [5, 5.41) is 5.66. The summed E-state index contributed by atoms with van der Waals surface area (Å²) in [4.78, 5) is 23.7. The van der Waals surface area contributed by atoms with Crippen LogP contribution in [0.15, 0.2) is 36.7 Å². The van der Waals surface area contributed by atoms with Gasteiger partial charge in [-0.3, -0.25) is 5.32 Å². The number of nitrogens with zero attached hydrogens (tertiary/aromatic N) is 4. The molecule has 8 nitrogen and oxygen atoms in total. The summed E-state index contributed by atoms with van der Waals surface area (Å²) in [7, 11) is 2.14. The van der Waals surface area contributed by atoms with Gasteiger partial charge in [0.1, 0.15) is 18.0 Å². The van der Waals surface area contributed by atoms with E-state index in [2.05, 4.69) is 49.6 Å². The zero-order valence-corrected chi connectivity index (χ0v) is 13.6. The minimum atomic E-state index is -0.656. The van der Waals surface area contributed by atoms with Gasteiger partial charge in [0.05, 0.1) is 0 Å². The van der Waals surface area contributed by atoms with Gasteiger partial charge in [-0.1, -0.05) is 6.07 Å². The Labute approximate surface area is 140 Å². The van der Waals surface area contributed by atoms with E-state index in [1.807, 2.05) is 12.1 Å². The van der Waals surface area contributed by atoms with Crippen LogP contribution in [0.25, 0.3) is 0 Å². The van der Waals surface area contributed by atoms with Crippen LogP contribution in [0, 0.1) is 0 Å². The highest BCUT2D eigenvalue weighted by atomic mass is 16.2. The Morgan fingerprint density at radius 2 is 1.88 bits per heavy atom. The fraction of sp³-hybridized carbons (Fsp3) is 0.312. The first kappa shape index (κ1) is 16.0. The number of carbonyl (C=O) groups is 1. The number of urea groups is 1. The third-order valence-corrected chi connectivity index (χ3v) is 3.91. The zero-order chi connectivity index (χ0) is 16.9. The quantitative estimate of drug-likeness (QED) is 0.786. The van der Waals surface area contributed by atoms with Crippen molar-refractivity contribution in [1.29, 1.82) is 0 Å². The standard InChI is InChI=1S/C16H21N7O/c1-22-5-7-23(8-6-22)13-4-2-3-12(9-13)20-14-10-15(19-11-18-14)21-16(17)24/h2-4,9-11H,5-8H2,1H3,(H4,17,18,19,20,21,24). The molecular formula is C16H21N7O. The van der Waals surface area contributed by atoms with Gasteiger partial charge in [-0.2, -0.15) is 0 Å². The molecule has 2 heterocycles. The van der Waals surface area contributed by atoms with Crippen molar-refractivity contribution < 1.29 is 4.79 Å². The summed E-state index contributed by atoms with van der Waals surface area (Å²) in [6.45, 7) is 4.15. The lowest BCUT2D eigenvalue weighted by Gasteiger charge is -2.34. The number of piperazine rings is 1. The second-order valence-electron chi connectivity index (χ2n) is 5.74. The summed E-state index contributed by atoms with van der Waals surface area (Å²) < 4.78 is 0. The SMILES string of the molecule is CN1CCN(c2cccc(Nc3cc(NC(N)=O)ncn3)c2)CC1. The Bertz CT molecular complexity index is 713. The minimum Gasteiger partial charge on any atom is -0.369 e. The number of likely N-dealkylation sites (N-methyl/N-ethyl adjacent to an activating group) is 1.